The fourth-order valence-electron chi connectivity index (χ4n) is 2.20. The standard InChI is InChI=1S/C16H25NO2/c1-5-7-10-17(13(4)6-2)15-9-8-12(3)11-14(15)16(18)19/h8-9,11,13H,5-7,10H2,1-4H3,(H,18,19). The molecule has 0 saturated heterocycles. The molecule has 19 heavy (non-hydrogen) atoms. The summed E-state index contributed by atoms with van der Waals surface area (Å²) in [5.74, 6) is -0.844. The van der Waals surface area contributed by atoms with Crippen LogP contribution >= 0.6 is 0 Å². The molecule has 0 amide bonds. The quantitative estimate of drug-likeness (QED) is 0.805. The Hall–Kier alpha value is -1.51. The van der Waals surface area contributed by atoms with Crippen LogP contribution in [0.1, 0.15) is 56.0 Å². The van der Waals surface area contributed by atoms with E-state index in [0.29, 0.717) is 11.6 Å². The van der Waals surface area contributed by atoms with Gasteiger partial charge in [0.1, 0.15) is 0 Å². The van der Waals surface area contributed by atoms with Crippen molar-refractivity contribution in [3.8, 4) is 0 Å². The van der Waals surface area contributed by atoms with Gasteiger partial charge in [-0.1, -0.05) is 31.9 Å². The summed E-state index contributed by atoms with van der Waals surface area (Å²) >= 11 is 0. The van der Waals surface area contributed by atoms with E-state index in [1.807, 2.05) is 19.1 Å². The van der Waals surface area contributed by atoms with Gasteiger partial charge in [0.2, 0.25) is 0 Å². The first-order valence-corrected chi connectivity index (χ1v) is 7.11. The smallest absolute Gasteiger partial charge is 0.337 e. The molecule has 1 N–H and O–H groups in total. The molecule has 1 aromatic carbocycles. The molecular formula is C16H25NO2. The van der Waals surface area contributed by atoms with Crippen molar-refractivity contribution in [3.05, 3.63) is 29.3 Å². The molecule has 1 aromatic rings. The Morgan fingerprint density at radius 1 is 1.37 bits per heavy atom. The Morgan fingerprint density at radius 3 is 2.58 bits per heavy atom. The molecule has 0 aliphatic rings. The van der Waals surface area contributed by atoms with Crippen molar-refractivity contribution < 1.29 is 9.90 Å². The summed E-state index contributed by atoms with van der Waals surface area (Å²) in [6.07, 6.45) is 3.20. The number of hydrogen-bond donors (Lipinski definition) is 1. The fourth-order valence-corrected chi connectivity index (χ4v) is 2.20. The van der Waals surface area contributed by atoms with Crippen LogP contribution in [0.15, 0.2) is 18.2 Å². The van der Waals surface area contributed by atoms with Crippen LogP contribution in [0.4, 0.5) is 5.69 Å². The lowest BCUT2D eigenvalue weighted by Crippen LogP contribution is -2.34. The first-order chi connectivity index (χ1) is 9.01. The Balaban J connectivity index is 3.17. The predicted octanol–water partition coefficient (Wildman–Crippen LogP) is 4.10. The van der Waals surface area contributed by atoms with Crippen LogP contribution in [0.2, 0.25) is 0 Å². The lowest BCUT2D eigenvalue weighted by molar-refractivity contribution is 0.0697. The zero-order chi connectivity index (χ0) is 14.4. The van der Waals surface area contributed by atoms with Crippen molar-refractivity contribution in [2.45, 2.75) is 53.0 Å². The van der Waals surface area contributed by atoms with Crippen molar-refractivity contribution in [2.24, 2.45) is 0 Å². The van der Waals surface area contributed by atoms with Gasteiger partial charge in [0, 0.05) is 12.6 Å². The molecule has 3 nitrogen and oxygen atoms in total. The molecule has 0 heterocycles. The van der Waals surface area contributed by atoms with E-state index in [4.69, 9.17) is 0 Å². The number of aryl methyl sites for hydroxylation is 1. The third-order valence-corrected chi connectivity index (χ3v) is 3.57. The minimum Gasteiger partial charge on any atom is -0.478 e. The van der Waals surface area contributed by atoms with Crippen LogP contribution in [0.25, 0.3) is 0 Å². The molecule has 0 bridgehead atoms. The largest absolute Gasteiger partial charge is 0.478 e. The zero-order valence-corrected chi connectivity index (χ0v) is 12.4. The number of aromatic carboxylic acids is 1. The molecule has 0 saturated carbocycles. The maximum Gasteiger partial charge on any atom is 0.337 e. The van der Waals surface area contributed by atoms with Crippen molar-refractivity contribution in [2.75, 3.05) is 11.4 Å². The summed E-state index contributed by atoms with van der Waals surface area (Å²) in [7, 11) is 0. The molecule has 106 valence electrons. The van der Waals surface area contributed by atoms with Crippen LogP contribution in [0.5, 0.6) is 0 Å². The highest BCUT2D eigenvalue weighted by Gasteiger charge is 2.19. The average molecular weight is 263 g/mol. The molecule has 1 rings (SSSR count). The normalized spacial score (nSPS) is 12.2. The van der Waals surface area contributed by atoms with Gasteiger partial charge in [-0.2, -0.15) is 0 Å². The molecule has 0 aliphatic carbocycles. The van der Waals surface area contributed by atoms with Gasteiger partial charge in [0.25, 0.3) is 0 Å². The van der Waals surface area contributed by atoms with Gasteiger partial charge in [-0.3, -0.25) is 0 Å². The third-order valence-electron chi connectivity index (χ3n) is 3.57. The average Bonchev–Trinajstić information content (AvgIpc) is 2.39. The van der Waals surface area contributed by atoms with E-state index in [1.54, 1.807) is 6.07 Å². The minimum absolute atomic E-state index is 0.354. The topological polar surface area (TPSA) is 40.5 Å². The van der Waals surface area contributed by atoms with Gasteiger partial charge in [-0.15, -0.1) is 0 Å². The van der Waals surface area contributed by atoms with Crippen molar-refractivity contribution in [1.82, 2.24) is 0 Å². The minimum atomic E-state index is -0.844. The van der Waals surface area contributed by atoms with E-state index in [2.05, 4.69) is 25.7 Å². The van der Waals surface area contributed by atoms with Gasteiger partial charge in [0.05, 0.1) is 11.3 Å². The number of rotatable bonds is 7. The Morgan fingerprint density at radius 2 is 2.05 bits per heavy atom. The van der Waals surface area contributed by atoms with E-state index in [9.17, 15) is 9.90 Å². The van der Waals surface area contributed by atoms with Gasteiger partial charge < -0.3 is 10.0 Å². The molecule has 0 fully saturated rings. The fraction of sp³-hybridized carbons (Fsp3) is 0.562. The number of benzene rings is 1. The number of unbranched alkanes of at least 4 members (excludes halogenated alkanes) is 1. The number of nitrogens with zero attached hydrogens (tertiary/aromatic N) is 1. The first kappa shape index (κ1) is 15.5. The molecule has 0 aliphatic heterocycles. The highest BCUT2D eigenvalue weighted by atomic mass is 16.4. The lowest BCUT2D eigenvalue weighted by Gasteiger charge is -2.32. The summed E-state index contributed by atoms with van der Waals surface area (Å²) < 4.78 is 0. The van der Waals surface area contributed by atoms with Crippen molar-refractivity contribution in [1.29, 1.82) is 0 Å². The number of carbonyl (C=O) groups is 1. The molecule has 0 aromatic heterocycles. The van der Waals surface area contributed by atoms with Crippen LogP contribution in [0, 0.1) is 6.92 Å². The maximum absolute atomic E-state index is 11.4. The lowest BCUT2D eigenvalue weighted by atomic mass is 10.1. The van der Waals surface area contributed by atoms with Crippen LogP contribution < -0.4 is 4.90 Å². The molecule has 3 heteroatoms. The second kappa shape index (κ2) is 7.17. The number of hydrogen-bond acceptors (Lipinski definition) is 2. The van der Waals surface area contributed by atoms with E-state index in [1.165, 1.54) is 0 Å². The van der Waals surface area contributed by atoms with Crippen LogP contribution in [0.3, 0.4) is 0 Å². The summed E-state index contributed by atoms with van der Waals surface area (Å²) in [5, 5.41) is 9.39. The zero-order valence-electron chi connectivity index (χ0n) is 12.4. The van der Waals surface area contributed by atoms with Gasteiger partial charge in [-0.05, 0) is 38.8 Å². The number of carboxylic acid groups (broad SMARTS) is 1. The van der Waals surface area contributed by atoms with Gasteiger partial charge >= 0.3 is 5.97 Å². The van der Waals surface area contributed by atoms with E-state index < -0.39 is 5.97 Å². The summed E-state index contributed by atoms with van der Waals surface area (Å²) in [6.45, 7) is 9.28. The third kappa shape index (κ3) is 3.98. The predicted molar refractivity (Wildman–Crippen MR) is 80.1 cm³/mol. The summed E-state index contributed by atoms with van der Waals surface area (Å²) in [6, 6.07) is 6.05. The number of anilines is 1. The molecule has 0 radical (unpaired) electrons. The second-order valence-corrected chi connectivity index (χ2v) is 5.13. The highest BCUT2D eigenvalue weighted by molar-refractivity contribution is 5.94. The maximum atomic E-state index is 11.4. The second-order valence-electron chi connectivity index (χ2n) is 5.13. The SMILES string of the molecule is CCCCN(c1ccc(C)cc1C(=O)O)C(C)CC. The van der Waals surface area contributed by atoms with Crippen molar-refractivity contribution in [3.63, 3.8) is 0 Å². The van der Waals surface area contributed by atoms with E-state index >= 15 is 0 Å². The Labute approximate surface area is 116 Å². The van der Waals surface area contributed by atoms with Gasteiger partial charge in [0.15, 0.2) is 0 Å². The highest BCUT2D eigenvalue weighted by Crippen LogP contribution is 2.25. The Kier molecular flexibility index (Phi) is 5.87. The molecule has 1 atom stereocenters. The molecular weight excluding hydrogens is 238 g/mol. The monoisotopic (exact) mass is 263 g/mol. The van der Waals surface area contributed by atoms with E-state index in [-0.39, 0.29) is 0 Å². The summed E-state index contributed by atoms with van der Waals surface area (Å²) in [5.41, 5.74) is 2.25. The molecule has 0 spiro atoms. The van der Waals surface area contributed by atoms with E-state index in [0.717, 1.165) is 37.1 Å². The van der Waals surface area contributed by atoms with Crippen molar-refractivity contribution >= 4 is 11.7 Å². The Bertz CT molecular complexity index is 429. The van der Waals surface area contributed by atoms with Crippen LogP contribution in [-0.4, -0.2) is 23.7 Å². The molecule has 1 unspecified atom stereocenters. The van der Waals surface area contributed by atoms with Gasteiger partial charge in [-0.25, -0.2) is 4.79 Å². The first-order valence-electron chi connectivity index (χ1n) is 7.11. The summed E-state index contributed by atoms with van der Waals surface area (Å²) in [4.78, 5) is 13.7. The number of carboxylic acids is 1. The van der Waals surface area contributed by atoms with Crippen LogP contribution in [-0.2, 0) is 0 Å².